The number of aromatic nitrogens is 2. The molecule has 0 bridgehead atoms. The number of anilines is 1. The fourth-order valence-electron chi connectivity index (χ4n) is 2.71. The summed E-state index contributed by atoms with van der Waals surface area (Å²) in [5.74, 6) is 0.838. The van der Waals surface area contributed by atoms with Gasteiger partial charge in [-0.05, 0) is 48.9 Å². The molecule has 2 aromatic carbocycles. The van der Waals surface area contributed by atoms with Crippen LogP contribution in [0, 0.1) is 12.7 Å². The first-order chi connectivity index (χ1) is 12.4. The Balaban J connectivity index is 1.72. The van der Waals surface area contributed by atoms with Crippen LogP contribution in [0.4, 0.5) is 10.2 Å². The molecule has 1 aromatic heterocycles. The number of halogens is 1. The molecule has 4 rings (SSSR count). The van der Waals surface area contributed by atoms with Gasteiger partial charge in [-0.25, -0.2) is 12.8 Å². The van der Waals surface area contributed by atoms with E-state index in [4.69, 9.17) is 9.47 Å². The third-order valence-corrected chi connectivity index (χ3v) is 5.32. The van der Waals surface area contributed by atoms with Crippen molar-refractivity contribution in [3.8, 4) is 22.6 Å². The maximum atomic E-state index is 13.0. The molecule has 7 nitrogen and oxygen atoms in total. The second kappa shape index (κ2) is 6.03. The SMILES string of the molecule is Cc1[nH]nc(NS(=O)(=O)c2ccc(F)cc2)c1-c1ccc2c(c1)OCO2. The van der Waals surface area contributed by atoms with E-state index in [-0.39, 0.29) is 17.5 Å². The van der Waals surface area contributed by atoms with Crippen LogP contribution >= 0.6 is 0 Å². The minimum Gasteiger partial charge on any atom is -0.454 e. The van der Waals surface area contributed by atoms with Gasteiger partial charge in [0.1, 0.15) is 5.82 Å². The van der Waals surface area contributed by atoms with Crippen molar-refractivity contribution in [3.63, 3.8) is 0 Å². The first kappa shape index (κ1) is 16.4. The van der Waals surface area contributed by atoms with Gasteiger partial charge in [-0.2, -0.15) is 5.10 Å². The Morgan fingerprint density at radius 1 is 1.12 bits per heavy atom. The van der Waals surface area contributed by atoms with Crippen molar-refractivity contribution >= 4 is 15.8 Å². The monoisotopic (exact) mass is 375 g/mol. The molecule has 0 aliphatic carbocycles. The number of hydrogen-bond donors (Lipinski definition) is 2. The maximum Gasteiger partial charge on any atom is 0.263 e. The molecule has 2 N–H and O–H groups in total. The quantitative estimate of drug-likeness (QED) is 0.731. The van der Waals surface area contributed by atoms with Crippen LogP contribution in [0.15, 0.2) is 47.4 Å². The van der Waals surface area contributed by atoms with Gasteiger partial charge in [-0.15, -0.1) is 0 Å². The molecule has 1 aliphatic heterocycles. The lowest BCUT2D eigenvalue weighted by atomic mass is 10.1. The largest absolute Gasteiger partial charge is 0.454 e. The van der Waals surface area contributed by atoms with E-state index in [9.17, 15) is 12.8 Å². The Bertz CT molecular complexity index is 1080. The van der Waals surface area contributed by atoms with E-state index in [0.717, 1.165) is 17.7 Å². The number of hydrogen-bond acceptors (Lipinski definition) is 5. The summed E-state index contributed by atoms with van der Waals surface area (Å²) in [5, 5.41) is 6.83. The fourth-order valence-corrected chi connectivity index (χ4v) is 3.72. The zero-order valence-corrected chi connectivity index (χ0v) is 14.4. The molecule has 0 saturated carbocycles. The minimum absolute atomic E-state index is 0.0591. The highest BCUT2D eigenvalue weighted by Crippen LogP contribution is 2.39. The van der Waals surface area contributed by atoms with Gasteiger partial charge in [0, 0.05) is 11.3 Å². The lowest BCUT2D eigenvalue weighted by molar-refractivity contribution is 0.174. The van der Waals surface area contributed by atoms with Crippen molar-refractivity contribution < 1.29 is 22.3 Å². The molecular formula is C17H14FN3O4S. The van der Waals surface area contributed by atoms with Crippen molar-refractivity contribution in [1.82, 2.24) is 10.2 Å². The van der Waals surface area contributed by atoms with Gasteiger partial charge in [0.25, 0.3) is 10.0 Å². The first-order valence-electron chi connectivity index (χ1n) is 7.67. The van der Waals surface area contributed by atoms with Crippen LogP contribution in [-0.4, -0.2) is 25.4 Å². The molecule has 0 radical (unpaired) electrons. The van der Waals surface area contributed by atoms with Crippen LogP contribution in [0.25, 0.3) is 11.1 Å². The number of sulfonamides is 1. The Labute approximate surface area is 148 Å². The molecule has 134 valence electrons. The zero-order valence-electron chi connectivity index (χ0n) is 13.6. The fraction of sp³-hybridized carbons (Fsp3) is 0.118. The predicted octanol–water partition coefficient (Wildman–Crippen LogP) is 3.05. The smallest absolute Gasteiger partial charge is 0.263 e. The highest BCUT2D eigenvalue weighted by molar-refractivity contribution is 7.92. The number of rotatable bonds is 4. The number of nitrogens with one attached hydrogen (secondary N) is 2. The standard InChI is InChI=1S/C17H14FN3O4S/c1-10-16(11-2-7-14-15(8-11)25-9-24-14)17(20-19-10)21-26(22,23)13-5-3-12(18)4-6-13/h2-8H,9H2,1H3,(H2,19,20,21). The molecule has 0 amide bonds. The molecule has 0 atom stereocenters. The maximum absolute atomic E-state index is 13.0. The number of nitrogens with zero attached hydrogens (tertiary/aromatic N) is 1. The van der Waals surface area contributed by atoms with Crippen LogP contribution in [0.3, 0.4) is 0 Å². The van der Waals surface area contributed by atoms with Crippen molar-refractivity contribution in [1.29, 1.82) is 0 Å². The third kappa shape index (κ3) is 2.86. The van der Waals surface area contributed by atoms with E-state index in [1.165, 1.54) is 12.1 Å². The average molecular weight is 375 g/mol. The van der Waals surface area contributed by atoms with Crippen LogP contribution < -0.4 is 14.2 Å². The minimum atomic E-state index is -3.91. The topological polar surface area (TPSA) is 93.3 Å². The normalized spacial score (nSPS) is 13.0. The lowest BCUT2D eigenvalue weighted by Crippen LogP contribution is -2.13. The number of fused-ring (bicyclic) bond motifs is 1. The van der Waals surface area contributed by atoms with E-state index in [0.29, 0.717) is 22.8 Å². The summed E-state index contributed by atoms with van der Waals surface area (Å²) in [6.07, 6.45) is 0. The molecule has 0 fully saturated rings. The molecule has 26 heavy (non-hydrogen) atoms. The van der Waals surface area contributed by atoms with E-state index in [1.54, 1.807) is 25.1 Å². The Morgan fingerprint density at radius 3 is 2.62 bits per heavy atom. The van der Waals surface area contributed by atoms with Gasteiger partial charge in [-0.3, -0.25) is 9.82 Å². The highest BCUT2D eigenvalue weighted by Gasteiger charge is 2.22. The van der Waals surface area contributed by atoms with Crippen LogP contribution in [-0.2, 0) is 10.0 Å². The van der Waals surface area contributed by atoms with Gasteiger partial charge in [0.15, 0.2) is 17.3 Å². The molecule has 0 spiro atoms. The summed E-state index contributed by atoms with van der Waals surface area (Å²) in [4.78, 5) is -0.0591. The van der Waals surface area contributed by atoms with Crippen molar-refractivity contribution in [2.24, 2.45) is 0 Å². The van der Waals surface area contributed by atoms with Gasteiger partial charge < -0.3 is 9.47 Å². The van der Waals surface area contributed by atoms with Crippen LogP contribution in [0.5, 0.6) is 11.5 Å². The van der Waals surface area contributed by atoms with E-state index >= 15 is 0 Å². The number of aromatic amines is 1. The first-order valence-corrected chi connectivity index (χ1v) is 9.16. The van der Waals surface area contributed by atoms with Gasteiger partial charge in [0.05, 0.1) is 4.90 Å². The van der Waals surface area contributed by atoms with Crippen LogP contribution in [0.2, 0.25) is 0 Å². The summed E-state index contributed by atoms with van der Waals surface area (Å²) in [7, 11) is -3.91. The second-order valence-corrected chi connectivity index (χ2v) is 7.38. The number of aryl methyl sites for hydroxylation is 1. The summed E-state index contributed by atoms with van der Waals surface area (Å²) in [5.41, 5.74) is 1.99. The molecule has 2 heterocycles. The molecule has 9 heteroatoms. The van der Waals surface area contributed by atoms with E-state index in [2.05, 4.69) is 14.9 Å². The Kier molecular flexibility index (Phi) is 3.80. The van der Waals surface area contributed by atoms with Crippen molar-refractivity contribution in [2.75, 3.05) is 11.5 Å². The van der Waals surface area contributed by atoms with Gasteiger partial charge in [-0.1, -0.05) is 6.07 Å². The summed E-state index contributed by atoms with van der Waals surface area (Å²) >= 11 is 0. The Morgan fingerprint density at radius 2 is 1.85 bits per heavy atom. The molecule has 0 unspecified atom stereocenters. The second-order valence-electron chi connectivity index (χ2n) is 5.70. The highest BCUT2D eigenvalue weighted by atomic mass is 32.2. The van der Waals surface area contributed by atoms with Crippen molar-refractivity contribution in [2.45, 2.75) is 11.8 Å². The lowest BCUT2D eigenvalue weighted by Gasteiger charge is -2.09. The summed E-state index contributed by atoms with van der Waals surface area (Å²) < 4.78 is 51.3. The number of benzene rings is 2. The third-order valence-electron chi connectivity index (χ3n) is 3.96. The number of H-pyrrole nitrogens is 1. The van der Waals surface area contributed by atoms with Gasteiger partial charge >= 0.3 is 0 Å². The Hall–Kier alpha value is -3.07. The van der Waals surface area contributed by atoms with Crippen LogP contribution in [0.1, 0.15) is 5.69 Å². The van der Waals surface area contributed by atoms with Crippen molar-refractivity contribution in [3.05, 3.63) is 54.0 Å². The van der Waals surface area contributed by atoms with E-state index in [1.807, 2.05) is 0 Å². The van der Waals surface area contributed by atoms with E-state index < -0.39 is 15.8 Å². The van der Waals surface area contributed by atoms with Gasteiger partial charge in [0.2, 0.25) is 6.79 Å². The summed E-state index contributed by atoms with van der Waals surface area (Å²) in [6.45, 7) is 1.93. The average Bonchev–Trinajstić information content (AvgIpc) is 3.21. The zero-order chi connectivity index (χ0) is 18.3. The summed E-state index contributed by atoms with van der Waals surface area (Å²) in [6, 6.07) is 9.86. The molecule has 3 aromatic rings. The molecule has 0 saturated heterocycles. The molecular weight excluding hydrogens is 361 g/mol. The number of ether oxygens (including phenoxy) is 2. The predicted molar refractivity (Wildman–Crippen MR) is 92.1 cm³/mol. The molecule has 1 aliphatic rings.